The molecule has 0 aliphatic rings. The van der Waals surface area contributed by atoms with Crippen molar-refractivity contribution in [2.45, 2.75) is 13.5 Å². The van der Waals surface area contributed by atoms with E-state index in [9.17, 15) is 0 Å². The first-order chi connectivity index (χ1) is 7.25. The van der Waals surface area contributed by atoms with Gasteiger partial charge in [-0.05, 0) is 30.7 Å². The molecule has 4 nitrogen and oxygen atoms in total. The van der Waals surface area contributed by atoms with E-state index in [2.05, 4.69) is 10.5 Å². The van der Waals surface area contributed by atoms with Gasteiger partial charge in [0.25, 0.3) is 0 Å². The molecule has 0 aliphatic carbocycles. The molecule has 3 N–H and O–H groups in total. The highest BCUT2D eigenvalue weighted by molar-refractivity contribution is 5.56. The van der Waals surface area contributed by atoms with Crippen molar-refractivity contribution in [2.75, 3.05) is 11.1 Å². The van der Waals surface area contributed by atoms with Gasteiger partial charge in [0.15, 0.2) is 0 Å². The van der Waals surface area contributed by atoms with E-state index >= 15 is 0 Å². The summed E-state index contributed by atoms with van der Waals surface area (Å²) in [4.78, 5) is 0. The lowest BCUT2D eigenvalue weighted by Gasteiger charge is -2.06. The van der Waals surface area contributed by atoms with Gasteiger partial charge in [0.2, 0.25) is 0 Å². The van der Waals surface area contributed by atoms with E-state index in [-0.39, 0.29) is 0 Å². The van der Waals surface area contributed by atoms with E-state index in [0.29, 0.717) is 6.54 Å². The van der Waals surface area contributed by atoms with Crippen LogP contribution in [0.2, 0.25) is 0 Å². The quantitative estimate of drug-likeness (QED) is 0.750. The van der Waals surface area contributed by atoms with Crippen molar-refractivity contribution in [1.29, 1.82) is 0 Å². The van der Waals surface area contributed by atoms with Crippen LogP contribution in [0.3, 0.4) is 0 Å². The van der Waals surface area contributed by atoms with E-state index in [0.717, 1.165) is 22.6 Å². The van der Waals surface area contributed by atoms with Gasteiger partial charge in [0.1, 0.15) is 12.0 Å². The third-order valence-corrected chi connectivity index (χ3v) is 2.23. The fourth-order valence-electron chi connectivity index (χ4n) is 1.31. The number of hydrogen-bond donors (Lipinski definition) is 2. The minimum atomic E-state index is 0.653. The number of hydrogen-bond acceptors (Lipinski definition) is 4. The smallest absolute Gasteiger partial charge is 0.124 e. The molecule has 15 heavy (non-hydrogen) atoms. The zero-order chi connectivity index (χ0) is 10.7. The standard InChI is InChI=1S/C11H13N3O/c1-8-6-9(2-3-11(8)12)13-7-10-4-5-15-14-10/h2-6,13H,7,12H2,1H3. The molecule has 4 heteroatoms. The molecule has 0 spiro atoms. The Hall–Kier alpha value is -1.97. The van der Waals surface area contributed by atoms with Crippen molar-refractivity contribution in [3.8, 4) is 0 Å². The topological polar surface area (TPSA) is 64.1 Å². The Labute approximate surface area is 88.1 Å². The molecule has 0 radical (unpaired) electrons. The van der Waals surface area contributed by atoms with Gasteiger partial charge in [-0.1, -0.05) is 5.16 Å². The van der Waals surface area contributed by atoms with Gasteiger partial charge in [-0.15, -0.1) is 0 Å². The summed E-state index contributed by atoms with van der Waals surface area (Å²) in [7, 11) is 0. The number of aromatic nitrogens is 1. The van der Waals surface area contributed by atoms with Crippen molar-refractivity contribution in [3.63, 3.8) is 0 Å². The van der Waals surface area contributed by atoms with Crippen molar-refractivity contribution in [2.24, 2.45) is 0 Å². The number of nitrogens with two attached hydrogens (primary N) is 1. The zero-order valence-electron chi connectivity index (χ0n) is 8.53. The lowest BCUT2D eigenvalue weighted by molar-refractivity contribution is 0.412. The molecular weight excluding hydrogens is 190 g/mol. The van der Waals surface area contributed by atoms with Crippen molar-refractivity contribution >= 4 is 11.4 Å². The minimum absolute atomic E-state index is 0.653. The molecule has 0 unspecified atom stereocenters. The average molecular weight is 203 g/mol. The maximum atomic E-state index is 5.72. The van der Waals surface area contributed by atoms with Crippen LogP contribution in [-0.2, 0) is 6.54 Å². The molecule has 0 saturated carbocycles. The Morgan fingerprint density at radius 3 is 2.93 bits per heavy atom. The van der Waals surface area contributed by atoms with Gasteiger partial charge in [-0.3, -0.25) is 0 Å². The fraction of sp³-hybridized carbons (Fsp3) is 0.182. The summed E-state index contributed by atoms with van der Waals surface area (Å²) < 4.78 is 4.74. The summed E-state index contributed by atoms with van der Waals surface area (Å²) in [5.74, 6) is 0. The van der Waals surface area contributed by atoms with Crippen molar-refractivity contribution in [3.05, 3.63) is 41.8 Å². The molecule has 2 aromatic rings. The van der Waals surface area contributed by atoms with Gasteiger partial charge in [0, 0.05) is 17.4 Å². The molecule has 0 fully saturated rings. The summed E-state index contributed by atoms with van der Waals surface area (Å²) in [6.45, 7) is 2.64. The molecule has 0 amide bonds. The molecular formula is C11H13N3O. The van der Waals surface area contributed by atoms with Crippen LogP contribution in [0.15, 0.2) is 35.1 Å². The number of nitrogens with one attached hydrogen (secondary N) is 1. The Morgan fingerprint density at radius 2 is 2.27 bits per heavy atom. The summed E-state index contributed by atoms with van der Waals surface area (Å²) in [6, 6.07) is 7.68. The summed E-state index contributed by atoms with van der Waals surface area (Å²) in [5.41, 5.74) is 9.51. The second kappa shape index (κ2) is 4.04. The average Bonchev–Trinajstić information content (AvgIpc) is 2.73. The predicted octanol–water partition coefficient (Wildman–Crippen LogP) is 2.18. The lowest BCUT2D eigenvalue weighted by Crippen LogP contribution is -2.00. The van der Waals surface area contributed by atoms with Gasteiger partial charge in [-0.25, -0.2) is 0 Å². The molecule has 78 valence electrons. The number of rotatable bonds is 3. The van der Waals surface area contributed by atoms with Crippen LogP contribution in [0, 0.1) is 6.92 Å². The van der Waals surface area contributed by atoms with E-state index in [1.54, 1.807) is 6.26 Å². The SMILES string of the molecule is Cc1cc(NCc2ccon2)ccc1N. The molecule has 0 bridgehead atoms. The first-order valence-electron chi connectivity index (χ1n) is 4.75. The highest BCUT2D eigenvalue weighted by Crippen LogP contribution is 2.16. The maximum absolute atomic E-state index is 5.72. The van der Waals surface area contributed by atoms with Gasteiger partial charge in [-0.2, -0.15) is 0 Å². The molecule has 1 aromatic heterocycles. The highest BCUT2D eigenvalue weighted by Gasteiger charge is 1.98. The number of benzene rings is 1. The highest BCUT2D eigenvalue weighted by atomic mass is 16.5. The van der Waals surface area contributed by atoms with Crippen molar-refractivity contribution < 1.29 is 4.52 Å². The lowest BCUT2D eigenvalue weighted by atomic mass is 10.2. The Morgan fingerprint density at radius 1 is 1.40 bits per heavy atom. The predicted molar refractivity (Wildman–Crippen MR) is 59.4 cm³/mol. The maximum Gasteiger partial charge on any atom is 0.124 e. The van der Waals surface area contributed by atoms with Crippen LogP contribution in [0.25, 0.3) is 0 Å². The fourth-order valence-corrected chi connectivity index (χ4v) is 1.31. The van der Waals surface area contributed by atoms with Crippen LogP contribution in [0.4, 0.5) is 11.4 Å². The van der Waals surface area contributed by atoms with E-state index in [4.69, 9.17) is 10.3 Å². The van der Waals surface area contributed by atoms with Crippen molar-refractivity contribution in [1.82, 2.24) is 5.16 Å². The number of anilines is 2. The first-order valence-corrected chi connectivity index (χ1v) is 4.75. The third-order valence-electron chi connectivity index (χ3n) is 2.23. The normalized spacial score (nSPS) is 10.2. The summed E-state index contributed by atoms with van der Waals surface area (Å²) >= 11 is 0. The Bertz CT molecular complexity index is 437. The Balaban J connectivity index is 2.02. The van der Waals surface area contributed by atoms with Gasteiger partial charge >= 0.3 is 0 Å². The van der Waals surface area contributed by atoms with Crippen LogP contribution in [0.5, 0.6) is 0 Å². The molecule has 2 rings (SSSR count). The summed E-state index contributed by atoms with van der Waals surface area (Å²) in [5, 5.41) is 7.05. The molecule has 1 heterocycles. The molecule has 0 aliphatic heterocycles. The first kappa shape index (κ1) is 9.58. The zero-order valence-corrected chi connectivity index (χ0v) is 8.53. The number of nitrogens with zero attached hydrogens (tertiary/aromatic N) is 1. The second-order valence-electron chi connectivity index (χ2n) is 3.42. The van der Waals surface area contributed by atoms with E-state index in [1.165, 1.54) is 0 Å². The van der Waals surface area contributed by atoms with Crippen LogP contribution in [-0.4, -0.2) is 5.16 Å². The summed E-state index contributed by atoms with van der Waals surface area (Å²) in [6.07, 6.45) is 1.56. The van der Waals surface area contributed by atoms with E-state index in [1.807, 2.05) is 31.2 Å². The van der Waals surface area contributed by atoms with Gasteiger partial charge < -0.3 is 15.6 Å². The monoisotopic (exact) mass is 203 g/mol. The van der Waals surface area contributed by atoms with Crippen LogP contribution < -0.4 is 11.1 Å². The third kappa shape index (κ3) is 2.28. The van der Waals surface area contributed by atoms with Crippen LogP contribution >= 0.6 is 0 Å². The number of aryl methyl sites for hydroxylation is 1. The van der Waals surface area contributed by atoms with Gasteiger partial charge in [0.05, 0.1) is 6.54 Å². The molecule has 0 saturated heterocycles. The Kier molecular flexibility index (Phi) is 2.58. The number of nitrogen functional groups attached to an aromatic ring is 1. The van der Waals surface area contributed by atoms with E-state index < -0.39 is 0 Å². The molecule has 1 aromatic carbocycles. The second-order valence-corrected chi connectivity index (χ2v) is 3.42. The van der Waals surface area contributed by atoms with Crippen LogP contribution in [0.1, 0.15) is 11.3 Å². The molecule has 0 atom stereocenters. The minimum Gasteiger partial charge on any atom is -0.399 e. The largest absolute Gasteiger partial charge is 0.399 e.